The van der Waals surface area contributed by atoms with Crippen molar-refractivity contribution in [2.75, 3.05) is 7.11 Å². The molecule has 0 aliphatic heterocycles. The van der Waals surface area contributed by atoms with Gasteiger partial charge in [-0.05, 0) is 25.7 Å². The van der Waals surface area contributed by atoms with Crippen LogP contribution in [0.15, 0.2) is 10.9 Å². The molecule has 0 radical (unpaired) electrons. The molecule has 2 N–H and O–H groups in total. The Hall–Kier alpha value is -1.36. The summed E-state index contributed by atoms with van der Waals surface area (Å²) in [7, 11) is 1.61. The van der Waals surface area contributed by atoms with E-state index in [-0.39, 0.29) is 11.4 Å². The summed E-state index contributed by atoms with van der Waals surface area (Å²) in [5, 5.41) is 9.28. The van der Waals surface area contributed by atoms with Crippen molar-refractivity contribution in [3.63, 3.8) is 0 Å². The Morgan fingerprint density at radius 3 is 2.73 bits per heavy atom. The number of nitrogens with zero attached hydrogens (tertiary/aromatic N) is 1. The van der Waals surface area contributed by atoms with E-state index in [1.165, 1.54) is 0 Å². The number of nitrogens with one attached hydrogen (secondary N) is 1. The molecule has 1 aromatic heterocycles. The molecule has 5 heteroatoms. The predicted octanol–water partition coefficient (Wildman–Crippen LogP) is 0.891. The maximum atomic E-state index is 11.2. The maximum absolute atomic E-state index is 11.2. The highest BCUT2D eigenvalue weighted by molar-refractivity contribution is 5.13. The molecule has 5 nitrogen and oxygen atoms in total. The van der Waals surface area contributed by atoms with Crippen molar-refractivity contribution in [3.8, 4) is 5.88 Å². The van der Waals surface area contributed by atoms with Gasteiger partial charge in [0.05, 0.1) is 6.07 Å². The number of aromatic nitrogens is 2. The highest BCUT2D eigenvalue weighted by Gasteiger charge is 2.38. The molecule has 0 spiro atoms. The number of rotatable bonds is 2. The molecule has 1 heterocycles. The van der Waals surface area contributed by atoms with Gasteiger partial charge in [0.2, 0.25) is 5.88 Å². The minimum absolute atomic E-state index is 0.253. The van der Waals surface area contributed by atoms with Crippen LogP contribution < -0.4 is 5.56 Å². The zero-order chi connectivity index (χ0) is 10.9. The molecule has 0 aromatic carbocycles. The van der Waals surface area contributed by atoms with Gasteiger partial charge in [-0.15, -0.1) is 0 Å². The Labute approximate surface area is 87.1 Å². The minimum Gasteiger partial charge on any atom is -0.493 e. The van der Waals surface area contributed by atoms with E-state index in [1.54, 1.807) is 7.11 Å². The normalized spacial score (nSPS) is 19.3. The minimum atomic E-state index is -0.516. The molecule has 1 fully saturated rings. The van der Waals surface area contributed by atoms with Crippen LogP contribution in [0.25, 0.3) is 0 Å². The summed E-state index contributed by atoms with van der Waals surface area (Å²) in [6.45, 7) is 0. The number of hydrogen-bond acceptors (Lipinski definition) is 4. The van der Waals surface area contributed by atoms with Gasteiger partial charge in [-0.2, -0.15) is 4.98 Å². The molecule has 1 aromatic rings. The molecule has 1 aliphatic carbocycles. The van der Waals surface area contributed by atoms with Crippen LogP contribution in [-0.4, -0.2) is 22.2 Å². The molecule has 1 saturated carbocycles. The number of aromatic hydroxyl groups is 1. The van der Waals surface area contributed by atoms with Gasteiger partial charge >= 0.3 is 0 Å². The molecule has 82 valence electrons. The average Bonchev–Trinajstić information content (AvgIpc) is 2.65. The molecular formula is C10H14N2O3. The third-order valence-electron chi connectivity index (χ3n) is 2.96. The fraction of sp³-hybridized carbons (Fsp3) is 0.600. The molecule has 1 aliphatic rings. The Bertz CT molecular complexity index is 407. The highest BCUT2D eigenvalue weighted by Crippen LogP contribution is 2.39. The van der Waals surface area contributed by atoms with E-state index in [4.69, 9.17) is 4.74 Å². The second-order valence-electron chi connectivity index (χ2n) is 3.86. The van der Waals surface area contributed by atoms with Crippen LogP contribution in [0.5, 0.6) is 5.88 Å². The van der Waals surface area contributed by atoms with Crippen LogP contribution in [0, 0.1) is 0 Å². The third kappa shape index (κ3) is 1.74. The van der Waals surface area contributed by atoms with Gasteiger partial charge in [0, 0.05) is 7.11 Å². The summed E-state index contributed by atoms with van der Waals surface area (Å²) in [5.74, 6) is 0.185. The number of H-pyrrole nitrogens is 1. The number of methoxy groups -OCH3 is 1. The van der Waals surface area contributed by atoms with Crippen molar-refractivity contribution in [1.29, 1.82) is 0 Å². The first kappa shape index (κ1) is 10.2. The summed E-state index contributed by atoms with van der Waals surface area (Å²) in [5.41, 5.74) is -0.862. The molecule has 0 amide bonds. The van der Waals surface area contributed by atoms with E-state index in [1.807, 2.05) is 0 Å². The molecule has 2 rings (SSSR count). The molecule has 15 heavy (non-hydrogen) atoms. The SMILES string of the molecule is COC1(c2nc(O)cc(=O)[nH]2)CCCC1. The molecular weight excluding hydrogens is 196 g/mol. The molecule has 0 bridgehead atoms. The van der Waals surface area contributed by atoms with Crippen LogP contribution in [0.1, 0.15) is 31.5 Å². The van der Waals surface area contributed by atoms with Crippen LogP contribution in [0.4, 0.5) is 0 Å². The van der Waals surface area contributed by atoms with Crippen molar-refractivity contribution in [2.24, 2.45) is 0 Å². The Morgan fingerprint density at radius 1 is 1.53 bits per heavy atom. The first-order valence-electron chi connectivity index (χ1n) is 5.02. The van der Waals surface area contributed by atoms with Gasteiger partial charge in [0.15, 0.2) is 0 Å². The smallest absolute Gasteiger partial charge is 0.254 e. The van der Waals surface area contributed by atoms with Crippen LogP contribution in [-0.2, 0) is 10.3 Å². The van der Waals surface area contributed by atoms with Gasteiger partial charge < -0.3 is 14.8 Å². The first-order chi connectivity index (χ1) is 7.16. The molecule has 0 saturated heterocycles. The van der Waals surface area contributed by atoms with E-state index in [2.05, 4.69) is 9.97 Å². The van der Waals surface area contributed by atoms with Crippen molar-refractivity contribution < 1.29 is 9.84 Å². The summed E-state index contributed by atoms with van der Waals surface area (Å²) < 4.78 is 5.45. The lowest BCUT2D eigenvalue weighted by Gasteiger charge is -2.25. The van der Waals surface area contributed by atoms with Gasteiger partial charge in [-0.1, -0.05) is 0 Å². The van der Waals surface area contributed by atoms with Gasteiger partial charge in [-0.3, -0.25) is 4.79 Å². The molecule has 0 unspecified atom stereocenters. The van der Waals surface area contributed by atoms with E-state index in [9.17, 15) is 9.90 Å². The van der Waals surface area contributed by atoms with Crippen LogP contribution in [0.2, 0.25) is 0 Å². The van der Waals surface area contributed by atoms with E-state index in [0.29, 0.717) is 5.82 Å². The lowest BCUT2D eigenvalue weighted by atomic mass is 10.0. The van der Waals surface area contributed by atoms with Crippen molar-refractivity contribution >= 4 is 0 Å². The Morgan fingerprint density at radius 2 is 2.20 bits per heavy atom. The summed E-state index contributed by atoms with van der Waals surface area (Å²) in [4.78, 5) is 17.8. The van der Waals surface area contributed by atoms with Crippen molar-refractivity contribution in [1.82, 2.24) is 9.97 Å². The maximum Gasteiger partial charge on any atom is 0.254 e. The average molecular weight is 210 g/mol. The van der Waals surface area contributed by atoms with Crippen LogP contribution >= 0.6 is 0 Å². The van der Waals surface area contributed by atoms with Crippen molar-refractivity contribution in [2.45, 2.75) is 31.3 Å². The fourth-order valence-corrected chi connectivity index (χ4v) is 2.14. The monoisotopic (exact) mass is 210 g/mol. The fourth-order valence-electron chi connectivity index (χ4n) is 2.14. The predicted molar refractivity (Wildman–Crippen MR) is 53.7 cm³/mol. The summed E-state index contributed by atoms with van der Waals surface area (Å²) >= 11 is 0. The van der Waals surface area contributed by atoms with E-state index >= 15 is 0 Å². The number of aromatic amines is 1. The zero-order valence-electron chi connectivity index (χ0n) is 8.62. The third-order valence-corrected chi connectivity index (χ3v) is 2.96. The second-order valence-corrected chi connectivity index (χ2v) is 3.86. The zero-order valence-corrected chi connectivity index (χ0v) is 8.62. The van der Waals surface area contributed by atoms with E-state index in [0.717, 1.165) is 31.7 Å². The second kappa shape index (κ2) is 3.66. The number of hydrogen-bond donors (Lipinski definition) is 2. The van der Waals surface area contributed by atoms with Gasteiger partial charge in [0.1, 0.15) is 11.4 Å². The van der Waals surface area contributed by atoms with Gasteiger partial charge in [-0.25, -0.2) is 0 Å². The Kier molecular flexibility index (Phi) is 2.48. The van der Waals surface area contributed by atoms with E-state index < -0.39 is 5.60 Å². The lowest BCUT2D eigenvalue weighted by Crippen LogP contribution is -2.29. The molecule has 0 atom stereocenters. The summed E-state index contributed by atoms with van der Waals surface area (Å²) in [6.07, 6.45) is 3.76. The highest BCUT2D eigenvalue weighted by atomic mass is 16.5. The summed E-state index contributed by atoms with van der Waals surface area (Å²) in [6, 6.07) is 1.06. The topological polar surface area (TPSA) is 75.2 Å². The largest absolute Gasteiger partial charge is 0.493 e. The Balaban J connectivity index is 2.46. The van der Waals surface area contributed by atoms with Crippen LogP contribution in [0.3, 0.4) is 0 Å². The quantitative estimate of drug-likeness (QED) is 0.760. The lowest BCUT2D eigenvalue weighted by molar-refractivity contribution is -0.0169. The van der Waals surface area contributed by atoms with Gasteiger partial charge in [0.25, 0.3) is 5.56 Å². The standard InChI is InChI=1S/C10H14N2O3/c1-15-10(4-2-3-5-10)9-11-7(13)6-8(14)12-9/h6H,2-5H2,1H3,(H2,11,12,13,14). The number of ether oxygens (including phenoxy) is 1. The first-order valence-corrected chi connectivity index (χ1v) is 5.02. The van der Waals surface area contributed by atoms with Crippen molar-refractivity contribution in [3.05, 3.63) is 22.2 Å².